The van der Waals surface area contributed by atoms with Crippen molar-refractivity contribution in [2.75, 3.05) is 6.61 Å². The van der Waals surface area contributed by atoms with Crippen LogP contribution in [0.5, 0.6) is 5.75 Å². The van der Waals surface area contributed by atoms with Crippen LogP contribution >= 0.6 is 15.9 Å². The van der Waals surface area contributed by atoms with Gasteiger partial charge in [0.05, 0.1) is 11.1 Å². The van der Waals surface area contributed by atoms with E-state index in [0.717, 1.165) is 34.6 Å². The summed E-state index contributed by atoms with van der Waals surface area (Å²) in [5.41, 5.74) is 0.994. The van der Waals surface area contributed by atoms with E-state index in [9.17, 15) is 0 Å². The van der Waals surface area contributed by atoms with E-state index < -0.39 is 0 Å². The van der Waals surface area contributed by atoms with Crippen LogP contribution in [0.3, 0.4) is 0 Å². The first-order valence-electron chi connectivity index (χ1n) is 6.50. The molecule has 0 spiro atoms. The lowest BCUT2D eigenvalue weighted by Crippen LogP contribution is -1.96. The fraction of sp³-hybridized carbons (Fsp3) is 0.333. The zero-order valence-corrected chi connectivity index (χ0v) is 12.6. The highest BCUT2D eigenvalue weighted by atomic mass is 79.9. The van der Waals surface area contributed by atoms with Gasteiger partial charge in [0.15, 0.2) is 5.82 Å². The highest BCUT2D eigenvalue weighted by molar-refractivity contribution is 9.10. The second-order valence-electron chi connectivity index (χ2n) is 4.30. The van der Waals surface area contributed by atoms with E-state index in [1.165, 1.54) is 12.8 Å². The summed E-state index contributed by atoms with van der Waals surface area (Å²) in [6, 6.07) is 7.90. The van der Waals surface area contributed by atoms with E-state index in [1.54, 1.807) is 12.4 Å². The minimum atomic E-state index is 0.723. The molecule has 1 aromatic carbocycles. The van der Waals surface area contributed by atoms with Crippen molar-refractivity contribution in [1.82, 2.24) is 9.97 Å². The Bertz CT molecular complexity index is 497. The van der Waals surface area contributed by atoms with E-state index in [-0.39, 0.29) is 0 Å². The molecule has 1 aromatic heterocycles. The Morgan fingerprint density at radius 2 is 1.74 bits per heavy atom. The van der Waals surface area contributed by atoms with Crippen molar-refractivity contribution in [2.24, 2.45) is 0 Å². The molecular formula is C15H17BrN2O. The van der Waals surface area contributed by atoms with Gasteiger partial charge in [-0.25, -0.2) is 9.97 Å². The summed E-state index contributed by atoms with van der Waals surface area (Å²) < 4.78 is 6.55. The molecule has 19 heavy (non-hydrogen) atoms. The molecule has 0 saturated heterocycles. The third kappa shape index (κ3) is 4.31. The molecule has 0 fully saturated rings. The van der Waals surface area contributed by atoms with Gasteiger partial charge in [-0.3, -0.25) is 0 Å². The molecule has 3 nitrogen and oxygen atoms in total. The third-order valence-corrected chi connectivity index (χ3v) is 3.16. The molecule has 0 aliphatic heterocycles. The number of ether oxygens (including phenoxy) is 1. The Morgan fingerprint density at radius 1 is 1.05 bits per heavy atom. The molecule has 0 aliphatic rings. The number of rotatable bonds is 6. The van der Waals surface area contributed by atoms with Gasteiger partial charge in [0.25, 0.3) is 0 Å². The van der Waals surface area contributed by atoms with Crippen molar-refractivity contribution in [3.05, 3.63) is 41.1 Å². The van der Waals surface area contributed by atoms with Crippen molar-refractivity contribution in [3.63, 3.8) is 0 Å². The predicted molar refractivity (Wildman–Crippen MR) is 80.2 cm³/mol. The summed E-state index contributed by atoms with van der Waals surface area (Å²) in [6.07, 6.45) is 7.02. The summed E-state index contributed by atoms with van der Waals surface area (Å²) in [6.45, 7) is 2.97. The van der Waals surface area contributed by atoms with Crippen LogP contribution in [-0.4, -0.2) is 16.6 Å². The van der Waals surface area contributed by atoms with Crippen molar-refractivity contribution < 1.29 is 4.74 Å². The number of hydrogen-bond acceptors (Lipinski definition) is 3. The Morgan fingerprint density at radius 3 is 2.37 bits per heavy atom. The van der Waals surface area contributed by atoms with Crippen LogP contribution in [0.4, 0.5) is 0 Å². The van der Waals surface area contributed by atoms with Crippen LogP contribution in [0.2, 0.25) is 0 Å². The van der Waals surface area contributed by atoms with E-state index >= 15 is 0 Å². The monoisotopic (exact) mass is 320 g/mol. The molecule has 0 amide bonds. The van der Waals surface area contributed by atoms with Gasteiger partial charge in [0.1, 0.15) is 5.75 Å². The van der Waals surface area contributed by atoms with E-state index in [0.29, 0.717) is 0 Å². The van der Waals surface area contributed by atoms with Crippen molar-refractivity contribution in [3.8, 4) is 17.1 Å². The first kappa shape index (κ1) is 14.0. The molecule has 100 valence electrons. The van der Waals surface area contributed by atoms with E-state index in [2.05, 4.69) is 32.8 Å². The zero-order valence-electron chi connectivity index (χ0n) is 11.0. The number of hydrogen-bond donors (Lipinski definition) is 0. The van der Waals surface area contributed by atoms with Crippen LogP contribution in [0, 0.1) is 0 Å². The first-order chi connectivity index (χ1) is 9.29. The normalized spacial score (nSPS) is 10.4. The molecule has 0 atom stereocenters. The number of halogens is 1. The van der Waals surface area contributed by atoms with Crippen molar-refractivity contribution in [2.45, 2.75) is 26.2 Å². The van der Waals surface area contributed by atoms with Gasteiger partial charge >= 0.3 is 0 Å². The molecule has 0 unspecified atom stereocenters. The Balaban J connectivity index is 1.96. The van der Waals surface area contributed by atoms with Gasteiger partial charge < -0.3 is 4.74 Å². The molecule has 0 radical (unpaired) electrons. The van der Waals surface area contributed by atoms with Crippen LogP contribution in [0.25, 0.3) is 11.4 Å². The van der Waals surface area contributed by atoms with Gasteiger partial charge in [-0.05, 0) is 46.6 Å². The van der Waals surface area contributed by atoms with Gasteiger partial charge in [-0.2, -0.15) is 0 Å². The topological polar surface area (TPSA) is 35.0 Å². The molecular weight excluding hydrogens is 304 g/mol. The Kier molecular flexibility index (Phi) is 5.33. The average Bonchev–Trinajstić information content (AvgIpc) is 2.45. The SMILES string of the molecule is CCCCCOc1ccc(-c2ncc(Br)cn2)cc1. The average molecular weight is 321 g/mol. The summed E-state index contributed by atoms with van der Waals surface area (Å²) >= 11 is 3.33. The lowest BCUT2D eigenvalue weighted by Gasteiger charge is -2.06. The van der Waals surface area contributed by atoms with Crippen molar-refractivity contribution in [1.29, 1.82) is 0 Å². The van der Waals surface area contributed by atoms with Crippen LogP contribution in [-0.2, 0) is 0 Å². The second-order valence-corrected chi connectivity index (χ2v) is 5.22. The first-order valence-corrected chi connectivity index (χ1v) is 7.29. The molecule has 0 saturated carbocycles. The lowest BCUT2D eigenvalue weighted by atomic mass is 10.2. The quantitative estimate of drug-likeness (QED) is 0.736. The molecule has 4 heteroatoms. The van der Waals surface area contributed by atoms with Gasteiger partial charge in [-0.15, -0.1) is 0 Å². The summed E-state index contributed by atoms with van der Waals surface area (Å²) in [5.74, 6) is 1.62. The maximum absolute atomic E-state index is 5.67. The molecule has 1 heterocycles. The molecule has 0 N–H and O–H groups in total. The maximum Gasteiger partial charge on any atom is 0.159 e. The highest BCUT2D eigenvalue weighted by Crippen LogP contribution is 2.20. The van der Waals surface area contributed by atoms with E-state index in [4.69, 9.17) is 4.74 Å². The lowest BCUT2D eigenvalue weighted by molar-refractivity contribution is 0.306. The highest BCUT2D eigenvalue weighted by Gasteiger charge is 2.01. The predicted octanol–water partition coefficient (Wildman–Crippen LogP) is 4.48. The fourth-order valence-corrected chi connectivity index (χ4v) is 1.91. The van der Waals surface area contributed by atoms with Gasteiger partial charge in [0, 0.05) is 18.0 Å². The van der Waals surface area contributed by atoms with Crippen LogP contribution < -0.4 is 4.74 Å². The Labute approximate surface area is 122 Å². The minimum Gasteiger partial charge on any atom is -0.494 e. The molecule has 0 aliphatic carbocycles. The molecule has 0 bridgehead atoms. The van der Waals surface area contributed by atoms with Gasteiger partial charge in [-0.1, -0.05) is 19.8 Å². The second kappa shape index (κ2) is 7.24. The zero-order chi connectivity index (χ0) is 13.5. The van der Waals surface area contributed by atoms with Crippen molar-refractivity contribution >= 4 is 15.9 Å². The number of nitrogens with zero attached hydrogens (tertiary/aromatic N) is 2. The Hall–Kier alpha value is -1.42. The smallest absolute Gasteiger partial charge is 0.159 e. The summed E-state index contributed by atoms with van der Waals surface area (Å²) in [7, 11) is 0. The third-order valence-electron chi connectivity index (χ3n) is 2.75. The molecule has 2 rings (SSSR count). The number of benzene rings is 1. The number of unbranched alkanes of at least 4 members (excludes halogenated alkanes) is 2. The number of aromatic nitrogens is 2. The molecule has 2 aromatic rings. The minimum absolute atomic E-state index is 0.723. The summed E-state index contributed by atoms with van der Waals surface area (Å²) in [4.78, 5) is 8.53. The fourth-order valence-electron chi connectivity index (χ4n) is 1.70. The van der Waals surface area contributed by atoms with Crippen LogP contribution in [0.15, 0.2) is 41.1 Å². The standard InChI is InChI=1S/C15H17BrN2O/c1-2-3-4-9-19-14-7-5-12(6-8-14)15-17-10-13(16)11-18-15/h5-8,10-11H,2-4,9H2,1H3. The maximum atomic E-state index is 5.67. The van der Waals surface area contributed by atoms with Gasteiger partial charge in [0.2, 0.25) is 0 Å². The van der Waals surface area contributed by atoms with Crippen LogP contribution in [0.1, 0.15) is 26.2 Å². The largest absolute Gasteiger partial charge is 0.494 e. The van der Waals surface area contributed by atoms with E-state index in [1.807, 2.05) is 24.3 Å². The summed E-state index contributed by atoms with van der Waals surface area (Å²) in [5, 5.41) is 0.